The molecular weight excluding hydrogens is 363 g/mol. The van der Waals surface area contributed by atoms with Gasteiger partial charge in [0.25, 0.3) is 0 Å². The number of anilines is 1. The van der Waals surface area contributed by atoms with Crippen LogP contribution in [0, 0.1) is 0 Å². The summed E-state index contributed by atoms with van der Waals surface area (Å²) in [5.41, 5.74) is 4.76. The zero-order valence-corrected chi connectivity index (χ0v) is 14.1. The molecule has 27 heavy (non-hydrogen) atoms. The third kappa shape index (κ3) is 4.43. The zero-order chi connectivity index (χ0) is 19.4. The topological polar surface area (TPSA) is 77.2 Å². The number of aromatic nitrogens is 2. The lowest BCUT2D eigenvalue weighted by atomic mass is 10.1. The van der Waals surface area contributed by atoms with Gasteiger partial charge in [-0.1, -0.05) is 36.3 Å². The summed E-state index contributed by atoms with van der Waals surface area (Å²) in [6.45, 7) is 2.01. The maximum atomic E-state index is 12.5. The average molecular weight is 377 g/mol. The highest BCUT2D eigenvalue weighted by Crippen LogP contribution is 2.29. The Morgan fingerprint density at radius 1 is 1.19 bits per heavy atom. The fourth-order valence-corrected chi connectivity index (χ4v) is 2.23. The normalized spacial score (nSPS) is 11.3. The first-order valence-electron chi connectivity index (χ1n) is 7.94. The van der Waals surface area contributed by atoms with Crippen LogP contribution in [0.2, 0.25) is 0 Å². The van der Waals surface area contributed by atoms with Crippen LogP contribution in [-0.2, 0) is 17.4 Å². The highest BCUT2D eigenvalue weighted by molar-refractivity contribution is 5.90. The molecule has 140 valence electrons. The average Bonchev–Trinajstić information content (AvgIpc) is 3.17. The minimum atomic E-state index is -4.71. The number of benzene rings is 2. The minimum absolute atomic E-state index is 0.206. The molecule has 0 aliphatic carbocycles. The largest absolute Gasteiger partial charge is 0.471 e. The van der Waals surface area contributed by atoms with Gasteiger partial charge in [0.2, 0.25) is 5.82 Å². The van der Waals surface area contributed by atoms with Crippen molar-refractivity contribution in [3.05, 3.63) is 65.5 Å². The van der Waals surface area contributed by atoms with Gasteiger partial charge < -0.3 is 9.36 Å². The number of alkyl halides is 3. The van der Waals surface area contributed by atoms with E-state index in [1.807, 2.05) is 25.1 Å². The fourth-order valence-electron chi connectivity index (χ4n) is 2.23. The molecule has 0 amide bonds. The minimum Gasteiger partial charge on any atom is -0.338 e. The van der Waals surface area contributed by atoms with Crippen molar-refractivity contribution in [2.24, 2.45) is 0 Å². The molecule has 0 bridgehead atoms. The van der Waals surface area contributed by atoms with Gasteiger partial charge in [-0.3, -0.25) is 0 Å². The van der Waals surface area contributed by atoms with Crippen molar-refractivity contribution in [3.8, 4) is 11.4 Å². The molecule has 0 unspecified atom stereocenters. The van der Waals surface area contributed by atoms with Gasteiger partial charge in [0.1, 0.15) is 0 Å². The van der Waals surface area contributed by atoms with Gasteiger partial charge in [0.15, 0.2) is 0 Å². The van der Waals surface area contributed by atoms with Crippen LogP contribution < -0.4 is 5.48 Å². The predicted octanol–water partition coefficient (Wildman–Crippen LogP) is 4.50. The number of rotatable bonds is 5. The first-order chi connectivity index (χ1) is 12.9. The SMILES string of the molecule is CCc1cccc(NOC(=O)c2ccc(-c3noc(C(F)(F)F)n3)cc2)c1. The first kappa shape index (κ1) is 18.4. The molecule has 1 aromatic heterocycles. The maximum Gasteiger partial charge on any atom is 0.471 e. The van der Waals surface area contributed by atoms with E-state index in [4.69, 9.17) is 4.84 Å². The molecule has 0 saturated carbocycles. The third-order valence-corrected chi connectivity index (χ3v) is 3.64. The summed E-state index contributed by atoms with van der Waals surface area (Å²) in [5.74, 6) is -2.30. The Morgan fingerprint density at radius 3 is 2.56 bits per heavy atom. The van der Waals surface area contributed by atoms with Crippen LogP contribution in [0.4, 0.5) is 18.9 Å². The highest BCUT2D eigenvalue weighted by Gasteiger charge is 2.38. The number of hydrogen-bond donors (Lipinski definition) is 1. The summed E-state index contributed by atoms with van der Waals surface area (Å²) in [6.07, 6.45) is -3.87. The Kier molecular flexibility index (Phi) is 5.11. The van der Waals surface area contributed by atoms with Gasteiger partial charge in [-0.05, 0) is 36.2 Å². The molecule has 9 heteroatoms. The Morgan fingerprint density at radius 2 is 1.93 bits per heavy atom. The van der Waals surface area contributed by atoms with E-state index in [-0.39, 0.29) is 17.0 Å². The van der Waals surface area contributed by atoms with Crippen LogP contribution in [0.15, 0.2) is 53.1 Å². The summed E-state index contributed by atoms with van der Waals surface area (Å²) < 4.78 is 41.7. The highest BCUT2D eigenvalue weighted by atomic mass is 19.4. The second kappa shape index (κ2) is 7.48. The molecule has 6 nitrogen and oxygen atoms in total. The summed E-state index contributed by atoms with van der Waals surface area (Å²) in [6, 6.07) is 13.0. The molecule has 3 rings (SSSR count). The summed E-state index contributed by atoms with van der Waals surface area (Å²) in [4.78, 5) is 20.4. The van der Waals surface area contributed by atoms with Gasteiger partial charge in [-0.15, -0.1) is 0 Å². The lowest BCUT2D eigenvalue weighted by molar-refractivity contribution is -0.159. The number of nitrogens with one attached hydrogen (secondary N) is 1. The van der Waals surface area contributed by atoms with Crippen molar-refractivity contribution in [1.29, 1.82) is 0 Å². The van der Waals surface area contributed by atoms with Gasteiger partial charge in [-0.25, -0.2) is 10.3 Å². The Labute approximate surface area is 151 Å². The second-order valence-corrected chi connectivity index (χ2v) is 5.54. The van der Waals surface area contributed by atoms with Gasteiger partial charge in [0, 0.05) is 5.56 Å². The van der Waals surface area contributed by atoms with Crippen LogP contribution in [0.3, 0.4) is 0 Å². The second-order valence-electron chi connectivity index (χ2n) is 5.54. The van der Waals surface area contributed by atoms with Crippen molar-refractivity contribution in [2.45, 2.75) is 19.5 Å². The molecule has 0 fully saturated rings. The van der Waals surface area contributed by atoms with E-state index in [0.717, 1.165) is 12.0 Å². The number of hydrogen-bond acceptors (Lipinski definition) is 6. The lowest BCUT2D eigenvalue weighted by Crippen LogP contribution is -2.10. The monoisotopic (exact) mass is 377 g/mol. The van der Waals surface area contributed by atoms with Crippen LogP contribution in [-0.4, -0.2) is 16.1 Å². The molecule has 1 heterocycles. The van der Waals surface area contributed by atoms with E-state index in [0.29, 0.717) is 5.69 Å². The molecule has 1 N–H and O–H groups in total. The molecule has 2 aromatic carbocycles. The number of halogens is 3. The van der Waals surface area contributed by atoms with E-state index < -0.39 is 18.0 Å². The first-order valence-corrected chi connectivity index (χ1v) is 7.94. The van der Waals surface area contributed by atoms with Crippen LogP contribution in [0.5, 0.6) is 0 Å². The maximum absolute atomic E-state index is 12.5. The lowest BCUT2D eigenvalue weighted by Gasteiger charge is -2.08. The zero-order valence-electron chi connectivity index (χ0n) is 14.1. The molecular formula is C18H14F3N3O3. The van der Waals surface area contributed by atoms with Crippen LogP contribution in [0.25, 0.3) is 11.4 Å². The van der Waals surface area contributed by atoms with Gasteiger partial charge >= 0.3 is 18.0 Å². The Balaban J connectivity index is 1.66. The summed E-state index contributed by atoms with van der Waals surface area (Å²) in [5, 5.41) is 3.29. The van der Waals surface area contributed by atoms with Crippen molar-refractivity contribution in [2.75, 3.05) is 5.48 Å². The van der Waals surface area contributed by atoms with E-state index in [2.05, 4.69) is 20.1 Å². The molecule has 0 spiro atoms. The van der Waals surface area contributed by atoms with E-state index in [1.54, 1.807) is 6.07 Å². The Hall–Kier alpha value is -3.36. The van der Waals surface area contributed by atoms with Crippen molar-refractivity contribution in [1.82, 2.24) is 10.1 Å². The Bertz CT molecular complexity index is 937. The van der Waals surface area contributed by atoms with Crippen molar-refractivity contribution >= 4 is 11.7 Å². The number of carbonyl (C=O) groups is 1. The predicted molar refractivity (Wildman–Crippen MR) is 89.6 cm³/mol. The molecule has 3 aromatic rings. The number of nitrogens with zero attached hydrogens (tertiary/aromatic N) is 2. The van der Waals surface area contributed by atoms with E-state index >= 15 is 0 Å². The molecule has 0 aliphatic rings. The van der Waals surface area contributed by atoms with E-state index in [9.17, 15) is 18.0 Å². The molecule has 0 saturated heterocycles. The quantitative estimate of drug-likeness (QED) is 0.660. The summed E-state index contributed by atoms with van der Waals surface area (Å²) >= 11 is 0. The summed E-state index contributed by atoms with van der Waals surface area (Å²) in [7, 11) is 0. The fraction of sp³-hybridized carbons (Fsp3) is 0.167. The van der Waals surface area contributed by atoms with E-state index in [1.165, 1.54) is 24.3 Å². The van der Waals surface area contributed by atoms with Crippen LogP contribution >= 0.6 is 0 Å². The van der Waals surface area contributed by atoms with Crippen molar-refractivity contribution < 1.29 is 27.3 Å². The number of aryl methyl sites for hydroxylation is 1. The van der Waals surface area contributed by atoms with Crippen molar-refractivity contribution in [3.63, 3.8) is 0 Å². The van der Waals surface area contributed by atoms with Crippen LogP contribution in [0.1, 0.15) is 28.7 Å². The van der Waals surface area contributed by atoms with Gasteiger partial charge in [-0.2, -0.15) is 18.2 Å². The molecule has 0 radical (unpaired) electrons. The number of carbonyl (C=O) groups excluding carboxylic acids is 1. The third-order valence-electron chi connectivity index (χ3n) is 3.64. The smallest absolute Gasteiger partial charge is 0.338 e. The standard InChI is InChI=1S/C18H14F3N3O3/c1-2-11-4-3-5-14(10-11)23-26-16(25)13-8-6-12(7-9-13)15-22-17(27-24-15)18(19,20)21/h3-10,23H,2H2,1H3. The molecule has 0 aliphatic heterocycles. The van der Waals surface area contributed by atoms with Gasteiger partial charge in [0.05, 0.1) is 11.3 Å². The molecule has 0 atom stereocenters.